The lowest BCUT2D eigenvalue weighted by Gasteiger charge is -2.15. The topological polar surface area (TPSA) is 73.2 Å². The first-order valence-electron chi connectivity index (χ1n) is 9.86. The minimum absolute atomic E-state index is 0.227. The molecule has 6 nitrogen and oxygen atoms in total. The van der Waals surface area contributed by atoms with Crippen LogP contribution >= 0.6 is 0 Å². The number of benzene rings is 3. The van der Waals surface area contributed by atoms with Crippen LogP contribution in [0.2, 0.25) is 0 Å². The van der Waals surface area contributed by atoms with Crippen LogP contribution in [0.4, 0.5) is 5.69 Å². The van der Waals surface area contributed by atoms with Gasteiger partial charge in [0.25, 0.3) is 11.5 Å². The second-order valence-corrected chi connectivity index (χ2v) is 7.36. The summed E-state index contributed by atoms with van der Waals surface area (Å²) in [5.41, 5.74) is 3.92. The number of rotatable bonds is 3. The van der Waals surface area contributed by atoms with Crippen LogP contribution in [0.15, 0.2) is 71.5 Å². The molecule has 4 aromatic rings. The van der Waals surface area contributed by atoms with Gasteiger partial charge >= 0.3 is 0 Å². The molecule has 1 amide bonds. The fourth-order valence-electron chi connectivity index (χ4n) is 3.87. The highest BCUT2D eigenvalue weighted by atomic mass is 16.5. The Bertz CT molecular complexity index is 1450. The Kier molecular flexibility index (Phi) is 4.40. The molecule has 0 unspecified atom stereocenters. The number of aryl methyl sites for hydroxylation is 1. The molecule has 0 radical (unpaired) electrons. The summed E-state index contributed by atoms with van der Waals surface area (Å²) in [6.07, 6.45) is 1.67. The number of carbonyl (C=O) groups is 1. The van der Waals surface area contributed by atoms with E-state index in [4.69, 9.17) is 9.72 Å². The summed E-state index contributed by atoms with van der Waals surface area (Å²) < 4.78 is 6.99. The maximum atomic E-state index is 13.5. The predicted octanol–water partition coefficient (Wildman–Crippen LogP) is 4.20. The third-order valence-electron chi connectivity index (χ3n) is 5.36. The summed E-state index contributed by atoms with van der Waals surface area (Å²) in [4.78, 5) is 31.0. The Balaban J connectivity index is 1.84. The molecule has 152 valence electrons. The van der Waals surface area contributed by atoms with Crippen LogP contribution in [0.3, 0.4) is 0 Å². The highest BCUT2D eigenvalue weighted by Crippen LogP contribution is 2.34. The molecule has 6 heteroatoms. The number of nitrogens with zero attached hydrogens (tertiary/aromatic N) is 2. The average Bonchev–Trinajstić information content (AvgIpc) is 3.08. The zero-order valence-corrected chi connectivity index (χ0v) is 17.0. The number of hydrogen-bond acceptors (Lipinski definition) is 4. The van der Waals surface area contributed by atoms with Gasteiger partial charge in [-0.15, -0.1) is 0 Å². The lowest BCUT2D eigenvalue weighted by Crippen LogP contribution is -2.23. The summed E-state index contributed by atoms with van der Waals surface area (Å²) in [7, 11) is 1.56. The van der Waals surface area contributed by atoms with E-state index in [9.17, 15) is 9.59 Å². The van der Waals surface area contributed by atoms with Crippen molar-refractivity contribution in [2.24, 2.45) is 0 Å². The van der Waals surface area contributed by atoms with Crippen LogP contribution in [0.5, 0.6) is 5.75 Å². The van der Waals surface area contributed by atoms with Crippen LogP contribution < -0.4 is 15.6 Å². The number of aromatic nitrogens is 2. The molecule has 0 fully saturated rings. The summed E-state index contributed by atoms with van der Waals surface area (Å²) in [6.45, 7) is 1.97. The monoisotopic (exact) mass is 409 g/mol. The molecule has 0 spiro atoms. The Hall–Kier alpha value is -4.19. The first kappa shape index (κ1) is 18.8. The predicted molar refractivity (Wildman–Crippen MR) is 122 cm³/mol. The molecule has 31 heavy (non-hydrogen) atoms. The molecule has 1 N–H and O–H groups in total. The minimum Gasteiger partial charge on any atom is -0.495 e. The number of para-hydroxylation sites is 3. The van der Waals surface area contributed by atoms with Crippen molar-refractivity contribution in [3.8, 4) is 11.4 Å². The summed E-state index contributed by atoms with van der Waals surface area (Å²) in [5, 5.41) is 3.37. The van der Waals surface area contributed by atoms with E-state index in [0.717, 1.165) is 16.8 Å². The van der Waals surface area contributed by atoms with Gasteiger partial charge in [-0.05, 0) is 49.4 Å². The Labute approximate surface area is 178 Å². The molecule has 1 aliphatic heterocycles. The maximum absolute atomic E-state index is 13.5. The van der Waals surface area contributed by atoms with Crippen molar-refractivity contribution in [2.45, 2.75) is 6.92 Å². The maximum Gasteiger partial charge on any atom is 0.266 e. The van der Waals surface area contributed by atoms with Crippen LogP contribution in [0.1, 0.15) is 17.0 Å². The molecule has 1 aromatic heterocycles. The Morgan fingerprint density at radius 2 is 1.77 bits per heavy atom. The van der Waals surface area contributed by atoms with Crippen molar-refractivity contribution in [3.63, 3.8) is 0 Å². The van der Waals surface area contributed by atoms with Gasteiger partial charge in [0, 0.05) is 11.3 Å². The van der Waals surface area contributed by atoms with Gasteiger partial charge in [-0.25, -0.2) is 4.98 Å². The van der Waals surface area contributed by atoms with Gasteiger partial charge in [0.05, 0.1) is 29.3 Å². The van der Waals surface area contributed by atoms with Crippen LogP contribution in [0, 0.1) is 6.92 Å². The molecule has 0 saturated heterocycles. The lowest BCUT2D eigenvalue weighted by atomic mass is 10.0. The molecular formula is C25H19N3O3. The van der Waals surface area contributed by atoms with Crippen LogP contribution in [-0.4, -0.2) is 22.6 Å². The van der Waals surface area contributed by atoms with Crippen molar-refractivity contribution >= 4 is 34.1 Å². The number of ether oxygens (including phenoxy) is 1. The average molecular weight is 409 g/mol. The Morgan fingerprint density at radius 3 is 2.61 bits per heavy atom. The van der Waals surface area contributed by atoms with E-state index in [-0.39, 0.29) is 11.5 Å². The number of methoxy groups -OCH3 is 1. The third kappa shape index (κ3) is 3.09. The number of amides is 1. The standard InChI is InChI=1S/C25H19N3O3/c1-15-11-12-20-17(13-15)18(24(29)27-20)14-23-26-19-8-4-3-7-16(19)25(30)28(23)21-9-5-6-10-22(21)31-2/h3-14H,1-2H3,(H,27,29)/b18-14-. The molecule has 3 aromatic carbocycles. The minimum atomic E-state index is -0.232. The van der Waals surface area contributed by atoms with E-state index in [1.54, 1.807) is 43.5 Å². The normalized spacial score (nSPS) is 14.0. The molecule has 1 aliphatic rings. The molecule has 0 bridgehead atoms. The van der Waals surface area contributed by atoms with Gasteiger partial charge in [-0.2, -0.15) is 0 Å². The van der Waals surface area contributed by atoms with E-state index in [2.05, 4.69) is 5.32 Å². The number of carbonyl (C=O) groups excluding carboxylic acids is 1. The van der Waals surface area contributed by atoms with Crippen molar-refractivity contribution in [3.05, 3.63) is 94.0 Å². The highest BCUT2D eigenvalue weighted by molar-refractivity contribution is 6.34. The summed E-state index contributed by atoms with van der Waals surface area (Å²) >= 11 is 0. The molecule has 0 aliphatic carbocycles. The van der Waals surface area contributed by atoms with Gasteiger partial charge in [0.15, 0.2) is 0 Å². The molecular weight excluding hydrogens is 390 g/mol. The van der Waals surface area contributed by atoms with E-state index < -0.39 is 0 Å². The quantitative estimate of drug-likeness (QED) is 0.515. The van der Waals surface area contributed by atoms with Crippen molar-refractivity contribution in [1.29, 1.82) is 0 Å². The summed E-state index contributed by atoms with van der Waals surface area (Å²) in [6, 6.07) is 20.2. The smallest absolute Gasteiger partial charge is 0.266 e. The lowest BCUT2D eigenvalue weighted by molar-refractivity contribution is -0.110. The highest BCUT2D eigenvalue weighted by Gasteiger charge is 2.25. The van der Waals surface area contributed by atoms with Crippen molar-refractivity contribution in [2.75, 3.05) is 12.4 Å². The Morgan fingerprint density at radius 1 is 1.00 bits per heavy atom. The first-order chi connectivity index (χ1) is 15.1. The second kappa shape index (κ2) is 7.25. The largest absolute Gasteiger partial charge is 0.495 e. The van der Waals surface area contributed by atoms with Gasteiger partial charge in [-0.3, -0.25) is 14.2 Å². The van der Waals surface area contributed by atoms with Crippen molar-refractivity contribution < 1.29 is 9.53 Å². The summed E-state index contributed by atoms with van der Waals surface area (Å²) in [5.74, 6) is 0.663. The number of hydrogen-bond donors (Lipinski definition) is 1. The van der Waals surface area contributed by atoms with Crippen LogP contribution in [-0.2, 0) is 4.79 Å². The van der Waals surface area contributed by atoms with E-state index in [1.165, 1.54) is 4.57 Å². The first-order valence-corrected chi connectivity index (χ1v) is 9.86. The molecule has 0 atom stereocenters. The number of fused-ring (bicyclic) bond motifs is 2. The SMILES string of the molecule is COc1ccccc1-n1c(/C=C2\C(=O)Nc3ccc(C)cc32)nc2ccccc2c1=O. The van der Waals surface area contributed by atoms with Crippen molar-refractivity contribution in [1.82, 2.24) is 9.55 Å². The van der Waals surface area contributed by atoms with E-state index >= 15 is 0 Å². The number of anilines is 1. The fraction of sp³-hybridized carbons (Fsp3) is 0.0800. The van der Waals surface area contributed by atoms with Gasteiger partial charge in [-0.1, -0.05) is 35.9 Å². The third-order valence-corrected chi connectivity index (χ3v) is 5.36. The fourth-order valence-corrected chi connectivity index (χ4v) is 3.87. The van der Waals surface area contributed by atoms with Gasteiger partial charge in [0.2, 0.25) is 0 Å². The zero-order chi connectivity index (χ0) is 21.5. The van der Waals surface area contributed by atoms with E-state index in [0.29, 0.717) is 33.7 Å². The van der Waals surface area contributed by atoms with Gasteiger partial charge < -0.3 is 10.1 Å². The number of nitrogens with one attached hydrogen (secondary N) is 1. The zero-order valence-electron chi connectivity index (χ0n) is 17.0. The molecule has 5 rings (SSSR count). The second-order valence-electron chi connectivity index (χ2n) is 7.36. The van der Waals surface area contributed by atoms with Crippen LogP contribution in [0.25, 0.3) is 28.2 Å². The van der Waals surface area contributed by atoms with Gasteiger partial charge in [0.1, 0.15) is 11.6 Å². The molecule has 0 saturated carbocycles. The van der Waals surface area contributed by atoms with E-state index in [1.807, 2.05) is 43.3 Å². The molecule has 2 heterocycles.